The molecule has 0 spiro atoms. The predicted octanol–water partition coefficient (Wildman–Crippen LogP) is 1.47. The highest BCUT2D eigenvalue weighted by Gasteiger charge is 2.14. The number of hydrogen-bond acceptors (Lipinski definition) is 4. The Balaban J connectivity index is 2.21. The van der Waals surface area contributed by atoms with Crippen molar-refractivity contribution in [2.45, 2.75) is 32.9 Å². The van der Waals surface area contributed by atoms with Crippen molar-refractivity contribution >= 4 is 0 Å². The topological polar surface area (TPSA) is 63.8 Å². The quantitative estimate of drug-likeness (QED) is 0.867. The smallest absolute Gasteiger partial charge is 0.125 e. The van der Waals surface area contributed by atoms with E-state index in [9.17, 15) is 5.11 Å². The van der Waals surface area contributed by atoms with Gasteiger partial charge in [-0.05, 0) is 19.4 Å². The van der Waals surface area contributed by atoms with Crippen LogP contribution in [0.15, 0.2) is 24.7 Å². The Bertz CT molecular complexity index is 495. The minimum atomic E-state index is -0.734. The zero-order valence-electron chi connectivity index (χ0n) is 10.0. The standard InChI is InChI=1S/C12H16N4O/c1-3-6-16-8-10(7-14-16)12(17)11-4-5-13-9(2)15-11/h4-5,7-8,12,17H,3,6H2,1-2H3. The number of nitrogens with zero attached hydrogens (tertiary/aromatic N) is 4. The largest absolute Gasteiger partial charge is 0.382 e. The van der Waals surface area contributed by atoms with Crippen LogP contribution in [0.1, 0.15) is 36.5 Å². The molecule has 0 aliphatic rings. The first kappa shape index (κ1) is 11.7. The first-order chi connectivity index (χ1) is 8.20. The van der Waals surface area contributed by atoms with Gasteiger partial charge in [0.05, 0.1) is 11.9 Å². The average molecular weight is 232 g/mol. The van der Waals surface area contributed by atoms with E-state index in [4.69, 9.17) is 0 Å². The number of aromatic nitrogens is 4. The first-order valence-corrected chi connectivity index (χ1v) is 5.70. The molecule has 2 rings (SSSR count). The fraction of sp³-hybridized carbons (Fsp3) is 0.417. The second-order valence-electron chi connectivity index (χ2n) is 3.97. The van der Waals surface area contributed by atoms with Crippen molar-refractivity contribution in [1.82, 2.24) is 19.7 Å². The number of hydrogen-bond donors (Lipinski definition) is 1. The molecule has 0 radical (unpaired) electrons. The summed E-state index contributed by atoms with van der Waals surface area (Å²) in [6.07, 6.45) is 5.46. The average Bonchev–Trinajstić information content (AvgIpc) is 2.77. The predicted molar refractivity (Wildman–Crippen MR) is 63.3 cm³/mol. The maximum absolute atomic E-state index is 10.2. The summed E-state index contributed by atoms with van der Waals surface area (Å²) in [5.41, 5.74) is 1.37. The van der Waals surface area contributed by atoms with E-state index in [1.807, 2.05) is 10.9 Å². The maximum Gasteiger partial charge on any atom is 0.125 e. The van der Waals surface area contributed by atoms with Crippen molar-refractivity contribution in [2.75, 3.05) is 0 Å². The van der Waals surface area contributed by atoms with E-state index in [-0.39, 0.29) is 0 Å². The zero-order chi connectivity index (χ0) is 12.3. The molecule has 0 amide bonds. The Morgan fingerprint density at radius 3 is 3.00 bits per heavy atom. The van der Waals surface area contributed by atoms with Gasteiger partial charge in [0.2, 0.25) is 0 Å². The Labute approximate surface area is 100 Å². The summed E-state index contributed by atoms with van der Waals surface area (Å²) in [5, 5.41) is 14.3. The van der Waals surface area contributed by atoms with Crippen LogP contribution in [0.4, 0.5) is 0 Å². The third-order valence-electron chi connectivity index (χ3n) is 2.50. The molecule has 90 valence electrons. The highest BCUT2D eigenvalue weighted by molar-refractivity contribution is 5.20. The van der Waals surface area contributed by atoms with Gasteiger partial charge in [-0.25, -0.2) is 9.97 Å². The van der Waals surface area contributed by atoms with Crippen LogP contribution >= 0.6 is 0 Å². The summed E-state index contributed by atoms with van der Waals surface area (Å²) in [5.74, 6) is 0.655. The van der Waals surface area contributed by atoms with Crippen molar-refractivity contribution in [2.24, 2.45) is 0 Å². The monoisotopic (exact) mass is 232 g/mol. The minimum Gasteiger partial charge on any atom is -0.382 e. The van der Waals surface area contributed by atoms with Crippen molar-refractivity contribution in [3.05, 3.63) is 41.7 Å². The molecule has 0 aliphatic carbocycles. The molecule has 0 bridgehead atoms. The Hall–Kier alpha value is -1.75. The summed E-state index contributed by atoms with van der Waals surface area (Å²) >= 11 is 0. The van der Waals surface area contributed by atoms with Crippen LogP contribution in [0.25, 0.3) is 0 Å². The van der Waals surface area contributed by atoms with Crippen molar-refractivity contribution in [1.29, 1.82) is 0 Å². The molecule has 0 aromatic carbocycles. The van der Waals surface area contributed by atoms with Gasteiger partial charge in [-0.2, -0.15) is 5.10 Å². The van der Waals surface area contributed by atoms with Crippen LogP contribution in [-0.4, -0.2) is 24.9 Å². The molecule has 1 N–H and O–H groups in total. The van der Waals surface area contributed by atoms with Crippen LogP contribution in [0.5, 0.6) is 0 Å². The summed E-state index contributed by atoms with van der Waals surface area (Å²) in [6.45, 7) is 4.75. The number of aliphatic hydroxyl groups is 1. The Kier molecular flexibility index (Phi) is 3.49. The lowest BCUT2D eigenvalue weighted by Gasteiger charge is -2.07. The van der Waals surface area contributed by atoms with Gasteiger partial charge in [-0.3, -0.25) is 4.68 Å². The second kappa shape index (κ2) is 5.05. The van der Waals surface area contributed by atoms with E-state index < -0.39 is 6.10 Å². The molecule has 5 heteroatoms. The van der Waals surface area contributed by atoms with Gasteiger partial charge < -0.3 is 5.11 Å². The van der Waals surface area contributed by atoms with E-state index in [0.717, 1.165) is 18.5 Å². The van der Waals surface area contributed by atoms with Crippen LogP contribution in [0, 0.1) is 6.92 Å². The molecule has 1 atom stereocenters. The SMILES string of the molecule is CCCn1cc(C(O)c2ccnc(C)n2)cn1. The molecule has 5 nitrogen and oxygen atoms in total. The highest BCUT2D eigenvalue weighted by Crippen LogP contribution is 2.19. The molecule has 17 heavy (non-hydrogen) atoms. The molecule has 2 heterocycles. The molecule has 0 saturated heterocycles. The molecule has 0 saturated carbocycles. The first-order valence-electron chi connectivity index (χ1n) is 5.70. The zero-order valence-corrected chi connectivity index (χ0v) is 10.0. The second-order valence-corrected chi connectivity index (χ2v) is 3.97. The van der Waals surface area contributed by atoms with Crippen molar-refractivity contribution < 1.29 is 5.11 Å². The van der Waals surface area contributed by atoms with E-state index in [1.54, 1.807) is 25.4 Å². The molecule has 0 fully saturated rings. The van der Waals surface area contributed by atoms with Gasteiger partial charge in [0.25, 0.3) is 0 Å². The van der Waals surface area contributed by atoms with Crippen molar-refractivity contribution in [3.63, 3.8) is 0 Å². The van der Waals surface area contributed by atoms with E-state index in [2.05, 4.69) is 22.0 Å². The van der Waals surface area contributed by atoms with E-state index in [0.29, 0.717) is 11.5 Å². The number of rotatable bonds is 4. The van der Waals surface area contributed by atoms with Crippen LogP contribution in [0.3, 0.4) is 0 Å². The lowest BCUT2D eigenvalue weighted by molar-refractivity contribution is 0.214. The molecule has 1 unspecified atom stereocenters. The summed E-state index contributed by atoms with van der Waals surface area (Å²) in [4.78, 5) is 8.21. The van der Waals surface area contributed by atoms with Gasteiger partial charge in [0, 0.05) is 24.5 Å². The molecular formula is C12H16N4O. The molecular weight excluding hydrogens is 216 g/mol. The lowest BCUT2D eigenvalue weighted by atomic mass is 10.1. The number of aryl methyl sites for hydroxylation is 2. The Morgan fingerprint density at radius 1 is 1.47 bits per heavy atom. The van der Waals surface area contributed by atoms with Crippen molar-refractivity contribution in [3.8, 4) is 0 Å². The third-order valence-corrected chi connectivity index (χ3v) is 2.50. The Morgan fingerprint density at radius 2 is 2.29 bits per heavy atom. The van der Waals surface area contributed by atoms with Crippen LogP contribution in [0.2, 0.25) is 0 Å². The maximum atomic E-state index is 10.2. The fourth-order valence-electron chi connectivity index (χ4n) is 1.67. The van der Waals surface area contributed by atoms with Gasteiger partial charge in [-0.1, -0.05) is 6.92 Å². The summed E-state index contributed by atoms with van der Waals surface area (Å²) < 4.78 is 1.83. The molecule has 2 aromatic heterocycles. The third kappa shape index (κ3) is 2.68. The summed E-state index contributed by atoms with van der Waals surface area (Å²) in [7, 11) is 0. The fourth-order valence-corrected chi connectivity index (χ4v) is 1.67. The number of aliphatic hydroxyl groups excluding tert-OH is 1. The van der Waals surface area contributed by atoms with E-state index in [1.165, 1.54) is 0 Å². The molecule has 2 aromatic rings. The molecule has 0 aliphatic heterocycles. The summed E-state index contributed by atoms with van der Waals surface area (Å²) in [6, 6.07) is 1.72. The van der Waals surface area contributed by atoms with Gasteiger partial charge in [0.15, 0.2) is 0 Å². The highest BCUT2D eigenvalue weighted by atomic mass is 16.3. The van der Waals surface area contributed by atoms with Gasteiger partial charge >= 0.3 is 0 Å². The van der Waals surface area contributed by atoms with Gasteiger partial charge in [-0.15, -0.1) is 0 Å². The lowest BCUT2D eigenvalue weighted by Crippen LogP contribution is -2.03. The normalized spacial score (nSPS) is 12.6. The van der Waals surface area contributed by atoms with Crippen LogP contribution < -0.4 is 0 Å². The van der Waals surface area contributed by atoms with Crippen LogP contribution in [-0.2, 0) is 6.54 Å². The van der Waals surface area contributed by atoms with E-state index >= 15 is 0 Å². The van der Waals surface area contributed by atoms with Gasteiger partial charge in [0.1, 0.15) is 11.9 Å². The minimum absolute atomic E-state index is 0.605.